The first kappa shape index (κ1) is 17.2. The Kier molecular flexibility index (Phi) is 4.04. The third-order valence-corrected chi connectivity index (χ3v) is 5.40. The average Bonchev–Trinajstić information content (AvgIpc) is 3.11. The molecule has 0 atom stereocenters. The van der Waals surface area contributed by atoms with Gasteiger partial charge in [0.25, 0.3) is 0 Å². The molecule has 0 saturated carbocycles. The number of fused-ring (bicyclic) bond motifs is 3. The molecule has 3 nitrogen and oxygen atoms in total. The van der Waals surface area contributed by atoms with Crippen LogP contribution in [-0.2, 0) is 0 Å². The summed E-state index contributed by atoms with van der Waals surface area (Å²) >= 11 is 12.3. The summed E-state index contributed by atoms with van der Waals surface area (Å²) in [5.41, 5.74) is 3.90. The van der Waals surface area contributed by atoms with Crippen molar-refractivity contribution >= 4 is 45.0 Å². The van der Waals surface area contributed by atoms with E-state index in [-0.39, 0.29) is 5.82 Å². The Labute approximate surface area is 170 Å². The molecule has 0 N–H and O–H groups in total. The molecule has 0 amide bonds. The normalized spacial score (nSPS) is 11.4. The largest absolute Gasteiger partial charge is 0.255 e. The monoisotopic (exact) mass is 407 g/mol. The smallest absolute Gasteiger partial charge is 0.124 e. The van der Waals surface area contributed by atoms with Gasteiger partial charge >= 0.3 is 0 Å². The highest BCUT2D eigenvalue weighted by atomic mass is 35.5. The molecule has 0 aliphatic heterocycles. The fourth-order valence-electron chi connectivity index (χ4n) is 3.37. The molecule has 0 saturated heterocycles. The lowest BCUT2D eigenvalue weighted by Crippen LogP contribution is -1.97. The highest BCUT2D eigenvalue weighted by Gasteiger charge is 2.18. The summed E-state index contributed by atoms with van der Waals surface area (Å²) < 4.78 is 15.8. The predicted molar refractivity (Wildman–Crippen MR) is 112 cm³/mol. The zero-order chi connectivity index (χ0) is 19.3. The molecule has 0 radical (unpaired) electrons. The summed E-state index contributed by atoms with van der Waals surface area (Å²) in [6.45, 7) is 0. The number of rotatable bonds is 2. The van der Waals surface area contributed by atoms with Crippen LogP contribution in [0, 0.1) is 5.82 Å². The highest BCUT2D eigenvalue weighted by Crippen LogP contribution is 2.35. The van der Waals surface area contributed by atoms with Gasteiger partial charge in [0.15, 0.2) is 0 Å². The molecule has 2 heterocycles. The fourth-order valence-corrected chi connectivity index (χ4v) is 3.66. The van der Waals surface area contributed by atoms with E-state index < -0.39 is 0 Å². The van der Waals surface area contributed by atoms with Crippen LogP contribution in [0.2, 0.25) is 10.0 Å². The Morgan fingerprint density at radius 3 is 2.43 bits per heavy atom. The number of aromatic nitrogens is 3. The van der Waals surface area contributed by atoms with Crippen LogP contribution < -0.4 is 0 Å². The third-order valence-electron chi connectivity index (χ3n) is 4.66. The first-order chi connectivity index (χ1) is 13.6. The van der Waals surface area contributed by atoms with Gasteiger partial charge in [0.2, 0.25) is 0 Å². The number of nitrogens with zero attached hydrogens (tertiary/aromatic N) is 3. The maximum Gasteiger partial charge on any atom is 0.124 e. The van der Waals surface area contributed by atoms with Gasteiger partial charge in [-0.3, -0.25) is 4.98 Å². The average molecular weight is 408 g/mol. The van der Waals surface area contributed by atoms with Crippen molar-refractivity contribution in [2.45, 2.75) is 0 Å². The molecule has 0 spiro atoms. The van der Waals surface area contributed by atoms with E-state index in [2.05, 4.69) is 4.98 Å². The number of hydrogen-bond donors (Lipinski definition) is 0. The van der Waals surface area contributed by atoms with E-state index in [4.69, 9.17) is 28.3 Å². The van der Waals surface area contributed by atoms with E-state index in [1.54, 1.807) is 29.1 Å². The van der Waals surface area contributed by atoms with E-state index in [1.165, 1.54) is 12.1 Å². The minimum Gasteiger partial charge on any atom is -0.255 e. The second-order valence-corrected chi connectivity index (χ2v) is 7.22. The summed E-state index contributed by atoms with van der Waals surface area (Å²) in [6, 6.07) is 19.7. The molecule has 6 heteroatoms. The lowest BCUT2D eigenvalue weighted by Gasteiger charge is -2.07. The van der Waals surface area contributed by atoms with Crippen LogP contribution in [0.1, 0.15) is 0 Å². The van der Waals surface area contributed by atoms with Crippen LogP contribution >= 0.6 is 23.2 Å². The quantitative estimate of drug-likeness (QED) is 0.326. The Morgan fingerprint density at radius 2 is 1.64 bits per heavy atom. The van der Waals surface area contributed by atoms with Crippen molar-refractivity contribution in [3.05, 3.63) is 88.8 Å². The minimum absolute atomic E-state index is 0.329. The van der Waals surface area contributed by atoms with Gasteiger partial charge in [-0.05, 0) is 36.4 Å². The second-order valence-electron chi connectivity index (χ2n) is 6.41. The molecule has 0 aliphatic carbocycles. The molecule has 136 valence electrons. The fraction of sp³-hybridized carbons (Fsp3) is 0. The Bertz CT molecular complexity index is 1350. The van der Waals surface area contributed by atoms with Gasteiger partial charge in [-0.15, -0.1) is 0 Å². The molecule has 0 unspecified atom stereocenters. The van der Waals surface area contributed by atoms with Crippen molar-refractivity contribution in [2.75, 3.05) is 0 Å². The molecule has 0 aliphatic rings. The summed E-state index contributed by atoms with van der Waals surface area (Å²) in [7, 11) is 0. The summed E-state index contributed by atoms with van der Waals surface area (Å²) in [4.78, 5) is 4.51. The third kappa shape index (κ3) is 2.73. The van der Waals surface area contributed by atoms with Gasteiger partial charge in [-0.25, -0.2) is 9.07 Å². The van der Waals surface area contributed by atoms with Crippen LogP contribution in [0.15, 0.2) is 72.9 Å². The van der Waals surface area contributed by atoms with Gasteiger partial charge in [-0.1, -0.05) is 53.5 Å². The van der Waals surface area contributed by atoms with Crippen LogP contribution in [-0.4, -0.2) is 14.8 Å². The molecule has 0 fully saturated rings. The lowest BCUT2D eigenvalue weighted by atomic mass is 10.1. The van der Waals surface area contributed by atoms with Crippen molar-refractivity contribution in [3.63, 3.8) is 0 Å². The van der Waals surface area contributed by atoms with Crippen molar-refractivity contribution in [1.29, 1.82) is 0 Å². The molecule has 5 rings (SSSR count). The molecule has 3 aromatic carbocycles. The maximum absolute atomic E-state index is 14.0. The first-order valence-corrected chi connectivity index (χ1v) is 9.35. The molecule has 28 heavy (non-hydrogen) atoms. The predicted octanol–water partition coefficient (Wildman–Crippen LogP) is 6.69. The van der Waals surface area contributed by atoms with Gasteiger partial charge < -0.3 is 0 Å². The molecular weight excluding hydrogens is 396 g/mol. The van der Waals surface area contributed by atoms with Crippen molar-refractivity contribution in [1.82, 2.24) is 14.8 Å². The molecule has 5 aromatic rings. The van der Waals surface area contributed by atoms with Gasteiger partial charge in [0.1, 0.15) is 11.5 Å². The van der Waals surface area contributed by atoms with E-state index in [9.17, 15) is 4.39 Å². The maximum atomic E-state index is 14.0. The lowest BCUT2D eigenvalue weighted by molar-refractivity contribution is 0.629. The number of pyridine rings is 1. The first-order valence-electron chi connectivity index (χ1n) is 8.59. The van der Waals surface area contributed by atoms with Crippen LogP contribution in [0.4, 0.5) is 4.39 Å². The van der Waals surface area contributed by atoms with Crippen LogP contribution in [0.3, 0.4) is 0 Å². The van der Waals surface area contributed by atoms with Crippen molar-refractivity contribution in [3.8, 4) is 16.9 Å². The Balaban J connectivity index is 1.92. The molecule has 0 bridgehead atoms. The zero-order valence-corrected chi connectivity index (χ0v) is 15.9. The molecular formula is C22H12Cl2FN3. The highest BCUT2D eigenvalue weighted by molar-refractivity contribution is 6.42. The van der Waals surface area contributed by atoms with Gasteiger partial charge in [0, 0.05) is 22.5 Å². The van der Waals surface area contributed by atoms with Crippen molar-refractivity contribution in [2.24, 2.45) is 0 Å². The summed E-state index contributed by atoms with van der Waals surface area (Å²) in [5.74, 6) is -0.329. The zero-order valence-electron chi connectivity index (χ0n) is 14.4. The topological polar surface area (TPSA) is 30.7 Å². The number of halogens is 3. The van der Waals surface area contributed by atoms with Crippen molar-refractivity contribution < 1.29 is 4.39 Å². The number of hydrogen-bond acceptors (Lipinski definition) is 2. The van der Waals surface area contributed by atoms with Gasteiger partial charge in [0.05, 0.1) is 26.8 Å². The standard InChI is InChI=1S/C22H12Cl2FN3/c23-18-8-7-15(11-19(18)24)28-22-16-10-14(25)6-9-20(16)26-12-17(22)21(27-28)13-4-2-1-3-5-13/h1-12H. The summed E-state index contributed by atoms with van der Waals surface area (Å²) in [5, 5.41) is 7.23. The Hall–Kier alpha value is -2.95. The van der Waals surface area contributed by atoms with Crippen LogP contribution in [0.25, 0.3) is 38.8 Å². The van der Waals surface area contributed by atoms with Gasteiger partial charge in [-0.2, -0.15) is 5.10 Å². The van der Waals surface area contributed by atoms with E-state index in [1.807, 2.05) is 36.4 Å². The Morgan fingerprint density at radius 1 is 0.821 bits per heavy atom. The van der Waals surface area contributed by atoms with E-state index in [0.29, 0.717) is 20.9 Å². The summed E-state index contributed by atoms with van der Waals surface area (Å²) in [6.07, 6.45) is 1.78. The van der Waals surface area contributed by atoms with E-state index >= 15 is 0 Å². The number of benzene rings is 3. The SMILES string of the molecule is Fc1ccc2ncc3c(-c4ccccc4)nn(-c4ccc(Cl)c(Cl)c4)c3c2c1. The minimum atomic E-state index is -0.329. The van der Waals surface area contributed by atoms with Crippen LogP contribution in [0.5, 0.6) is 0 Å². The molecule has 2 aromatic heterocycles. The van der Waals surface area contributed by atoms with E-state index in [0.717, 1.165) is 27.8 Å². The second kappa shape index (κ2) is 6.59.